The van der Waals surface area contributed by atoms with Gasteiger partial charge in [0.1, 0.15) is 5.82 Å². The van der Waals surface area contributed by atoms with E-state index in [-0.39, 0.29) is 24.0 Å². The summed E-state index contributed by atoms with van der Waals surface area (Å²) in [6, 6.07) is 19.5. The molecule has 0 saturated carbocycles. The van der Waals surface area contributed by atoms with E-state index in [2.05, 4.69) is 42.8 Å². The van der Waals surface area contributed by atoms with Gasteiger partial charge in [-0.2, -0.15) is 0 Å². The molecule has 0 radical (unpaired) electrons. The van der Waals surface area contributed by atoms with Crippen LogP contribution < -0.4 is 11.1 Å². The number of benzene rings is 2. The van der Waals surface area contributed by atoms with Crippen LogP contribution in [0, 0.1) is 5.41 Å². The third kappa shape index (κ3) is 7.16. The minimum atomic E-state index is -1.02. The van der Waals surface area contributed by atoms with Crippen molar-refractivity contribution in [2.45, 2.75) is 45.9 Å². The van der Waals surface area contributed by atoms with Gasteiger partial charge < -0.3 is 30.7 Å². The van der Waals surface area contributed by atoms with Crippen LogP contribution in [0.3, 0.4) is 0 Å². The van der Waals surface area contributed by atoms with Crippen LogP contribution in [0.15, 0.2) is 66.9 Å². The molecule has 2 amide bonds. The molecule has 0 spiro atoms. The number of carbonyl (C=O) groups is 1. The quantitative estimate of drug-likeness (QED) is 0.327. The van der Waals surface area contributed by atoms with Crippen molar-refractivity contribution in [3.8, 4) is 11.3 Å². The van der Waals surface area contributed by atoms with Crippen molar-refractivity contribution in [3.63, 3.8) is 0 Å². The molecule has 0 aliphatic carbocycles. The van der Waals surface area contributed by atoms with Crippen LogP contribution in [0.5, 0.6) is 0 Å². The Hall–Kier alpha value is -3.20. The minimum absolute atomic E-state index is 0.0426. The van der Waals surface area contributed by atoms with Gasteiger partial charge in [-0.25, -0.2) is 9.78 Å². The molecule has 0 aliphatic rings. The van der Waals surface area contributed by atoms with E-state index in [0.29, 0.717) is 26.1 Å². The van der Waals surface area contributed by atoms with Gasteiger partial charge in [-0.1, -0.05) is 81.4 Å². The van der Waals surface area contributed by atoms with Gasteiger partial charge in [0.2, 0.25) is 0 Å². The maximum Gasteiger partial charge on any atom is 0.318 e. The third-order valence-corrected chi connectivity index (χ3v) is 6.01. The van der Waals surface area contributed by atoms with E-state index in [4.69, 9.17) is 10.7 Å². The molecule has 2 aromatic carbocycles. The summed E-state index contributed by atoms with van der Waals surface area (Å²) in [7, 11) is 0. The van der Waals surface area contributed by atoms with E-state index >= 15 is 0 Å². The summed E-state index contributed by atoms with van der Waals surface area (Å²) in [6.45, 7) is 7.28. The van der Waals surface area contributed by atoms with Crippen molar-refractivity contribution < 1.29 is 15.0 Å². The van der Waals surface area contributed by atoms with Gasteiger partial charge in [-0.15, -0.1) is 0 Å². The molecular formula is C28H39N5O3. The van der Waals surface area contributed by atoms with Gasteiger partial charge in [-0.05, 0) is 23.9 Å². The first-order valence-corrected chi connectivity index (χ1v) is 12.4. The Labute approximate surface area is 213 Å². The number of hydrogen-bond acceptors (Lipinski definition) is 5. The number of hydrogen-bond donors (Lipinski definition) is 4. The number of amides is 2. The van der Waals surface area contributed by atoms with Gasteiger partial charge in [-0.3, -0.25) is 0 Å². The zero-order chi connectivity index (χ0) is 26.1. The summed E-state index contributed by atoms with van der Waals surface area (Å²) >= 11 is 0. The average Bonchev–Trinajstić information content (AvgIpc) is 3.27. The van der Waals surface area contributed by atoms with Gasteiger partial charge in [0.15, 0.2) is 0 Å². The summed E-state index contributed by atoms with van der Waals surface area (Å²) in [5.74, 6) is 0.778. The number of aliphatic hydroxyl groups is 2. The number of rotatable bonds is 11. The molecule has 3 aromatic rings. The van der Waals surface area contributed by atoms with Crippen molar-refractivity contribution in [3.05, 3.63) is 78.2 Å². The first kappa shape index (κ1) is 27.4. The van der Waals surface area contributed by atoms with Crippen molar-refractivity contribution in [1.82, 2.24) is 19.8 Å². The fourth-order valence-corrected chi connectivity index (χ4v) is 4.28. The lowest BCUT2D eigenvalue weighted by atomic mass is 9.84. The van der Waals surface area contributed by atoms with Crippen LogP contribution in [0.4, 0.5) is 4.79 Å². The van der Waals surface area contributed by atoms with E-state index in [1.165, 1.54) is 0 Å². The highest BCUT2D eigenvalue weighted by atomic mass is 16.3. The highest BCUT2D eigenvalue weighted by Gasteiger charge is 2.38. The molecule has 0 unspecified atom stereocenters. The molecule has 194 valence electrons. The Morgan fingerprint density at radius 2 is 1.75 bits per heavy atom. The number of nitrogens with one attached hydrogen (secondary N) is 1. The highest BCUT2D eigenvalue weighted by molar-refractivity contribution is 5.75. The zero-order valence-electron chi connectivity index (χ0n) is 21.5. The smallest absolute Gasteiger partial charge is 0.318 e. The molecule has 0 saturated heterocycles. The topological polar surface area (TPSA) is 117 Å². The summed E-state index contributed by atoms with van der Waals surface area (Å²) in [4.78, 5) is 20.3. The average molecular weight is 494 g/mol. The van der Waals surface area contributed by atoms with Crippen LogP contribution in [0.1, 0.15) is 44.6 Å². The second-order valence-electron chi connectivity index (χ2n) is 10.1. The summed E-state index contributed by atoms with van der Waals surface area (Å²) in [5, 5.41) is 21.8. The summed E-state index contributed by atoms with van der Waals surface area (Å²) in [6.07, 6.45) is 1.64. The Morgan fingerprint density at radius 3 is 2.33 bits per heavy atom. The monoisotopic (exact) mass is 493 g/mol. The van der Waals surface area contributed by atoms with Gasteiger partial charge in [0, 0.05) is 31.4 Å². The molecule has 0 bridgehead atoms. The number of nitrogens with zero attached hydrogens (tertiary/aromatic N) is 3. The molecule has 2 atom stereocenters. The second-order valence-corrected chi connectivity index (χ2v) is 10.1. The molecular weight excluding hydrogens is 454 g/mol. The lowest BCUT2D eigenvalue weighted by Crippen LogP contribution is -2.49. The number of aliphatic hydroxyl groups excluding tert-OH is 2. The lowest BCUT2D eigenvalue weighted by molar-refractivity contribution is 0.0842. The Balaban J connectivity index is 2.09. The van der Waals surface area contributed by atoms with E-state index in [9.17, 15) is 15.0 Å². The van der Waals surface area contributed by atoms with Crippen LogP contribution >= 0.6 is 0 Å². The molecule has 36 heavy (non-hydrogen) atoms. The Morgan fingerprint density at radius 1 is 1.11 bits per heavy atom. The predicted molar refractivity (Wildman–Crippen MR) is 142 cm³/mol. The number of carbonyl (C=O) groups excluding carboxylic acids is 1. The maximum atomic E-state index is 13.4. The van der Waals surface area contributed by atoms with Crippen LogP contribution in [0.25, 0.3) is 11.3 Å². The first-order valence-electron chi connectivity index (χ1n) is 12.4. The van der Waals surface area contributed by atoms with E-state index < -0.39 is 12.7 Å². The van der Waals surface area contributed by atoms with E-state index in [1.54, 1.807) is 4.90 Å². The summed E-state index contributed by atoms with van der Waals surface area (Å²) in [5.41, 5.74) is 8.44. The molecule has 1 aromatic heterocycles. The number of urea groups is 1. The first-order chi connectivity index (χ1) is 17.2. The molecule has 3 rings (SSSR count). The van der Waals surface area contributed by atoms with Crippen molar-refractivity contribution in [2.75, 3.05) is 26.2 Å². The van der Waals surface area contributed by atoms with Crippen molar-refractivity contribution >= 4 is 6.03 Å². The third-order valence-electron chi connectivity index (χ3n) is 6.01. The fraction of sp³-hybridized carbons (Fsp3) is 0.429. The molecule has 0 fully saturated rings. The van der Waals surface area contributed by atoms with Crippen LogP contribution in [-0.4, -0.2) is 63.0 Å². The molecule has 8 nitrogen and oxygen atoms in total. The largest absolute Gasteiger partial charge is 0.394 e. The Kier molecular flexibility index (Phi) is 9.64. The normalized spacial score (nSPS) is 13.3. The number of nitrogens with two attached hydrogens (primary N) is 1. The van der Waals surface area contributed by atoms with E-state index in [0.717, 1.165) is 22.6 Å². The van der Waals surface area contributed by atoms with Crippen molar-refractivity contribution in [2.24, 2.45) is 11.1 Å². The summed E-state index contributed by atoms with van der Waals surface area (Å²) < 4.78 is 2.12. The number of imidazole rings is 1. The van der Waals surface area contributed by atoms with Crippen LogP contribution in [0.2, 0.25) is 0 Å². The molecule has 1 heterocycles. The van der Waals surface area contributed by atoms with Gasteiger partial charge in [0.05, 0.1) is 24.4 Å². The highest BCUT2D eigenvalue weighted by Crippen LogP contribution is 2.39. The predicted octanol–water partition coefficient (Wildman–Crippen LogP) is 3.40. The SMILES string of the molecule is CC(C)(C)[C@H](c1nc(-c2ccccc2)cn1Cc1ccccc1)N(CCCN)C(=O)NC[C@@H](O)CO. The maximum absolute atomic E-state index is 13.4. The molecule has 8 heteroatoms. The lowest BCUT2D eigenvalue weighted by Gasteiger charge is -2.40. The Bertz CT molecular complexity index is 1080. The molecule has 5 N–H and O–H groups in total. The number of aromatic nitrogens is 2. The van der Waals surface area contributed by atoms with Crippen LogP contribution in [-0.2, 0) is 6.54 Å². The second kappa shape index (κ2) is 12.7. The van der Waals surface area contributed by atoms with Crippen molar-refractivity contribution in [1.29, 1.82) is 0 Å². The van der Waals surface area contributed by atoms with Gasteiger partial charge >= 0.3 is 6.03 Å². The zero-order valence-corrected chi connectivity index (χ0v) is 21.5. The minimum Gasteiger partial charge on any atom is -0.394 e. The van der Waals surface area contributed by atoms with Gasteiger partial charge in [0.25, 0.3) is 0 Å². The van der Waals surface area contributed by atoms with E-state index in [1.807, 2.05) is 54.7 Å². The molecule has 0 aliphatic heterocycles. The standard InChI is InChI=1S/C28H39N5O3/c1-28(2,3)25(33(16-10-15-29)27(36)30-17-23(35)20-34)26-31-24(22-13-8-5-9-14-22)19-32(26)18-21-11-6-4-7-12-21/h4-9,11-14,19,23,25,34-35H,10,15-18,20,29H2,1-3H3,(H,30,36)/t23-,25+/m1/s1. The fourth-order valence-electron chi connectivity index (χ4n) is 4.28.